The summed E-state index contributed by atoms with van der Waals surface area (Å²) in [6, 6.07) is 0. The molecule has 0 amide bonds. The van der Waals surface area contributed by atoms with Crippen LogP contribution >= 0.6 is 0 Å². The van der Waals surface area contributed by atoms with Gasteiger partial charge in [0.15, 0.2) is 0 Å². The van der Waals surface area contributed by atoms with E-state index in [1.54, 1.807) is 0 Å². The van der Waals surface area contributed by atoms with Crippen molar-refractivity contribution in [2.24, 2.45) is 0 Å². The van der Waals surface area contributed by atoms with Crippen LogP contribution in [0.4, 0.5) is 0 Å². The largest absolute Gasteiger partial charge is 0.550 e. The van der Waals surface area contributed by atoms with Crippen LogP contribution in [0.25, 0.3) is 0 Å². The van der Waals surface area contributed by atoms with Crippen LogP contribution in [0, 0.1) is 0 Å². The molecule has 14 heavy (non-hydrogen) atoms. The van der Waals surface area contributed by atoms with Gasteiger partial charge in [-0.15, -0.1) is 0 Å². The van der Waals surface area contributed by atoms with Gasteiger partial charge in [0, 0.05) is 42.1 Å². The second-order valence-electron chi connectivity index (χ2n) is 2.42. The third-order valence-electron chi connectivity index (χ3n) is 1.25. The monoisotopic (exact) mass is 216 g/mol. The molecule has 0 aliphatic carbocycles. The first kappa shape index (κ1) is 15.4. The summed E-state index contributed by atoms with van der Waals surface area (Å²) in [6.07, 6.45) is -2.72. The van der Waals surface area contributed by atoms with Gasteiger partial charge in [0.25, 0.3) is 0 Å². The molecule has 0 saturated carbocycles. The third-order valence-corrected chi connectivity index (χ3v) is 1.25. The first-order valence-electron chi connectivity index (χ1n) is 3.11. The summed E-state index contributed by atoms with van der Waals surface area (Å²) < 4.78 is 0. The van der Waals surface area contributed by atoms with Crippen LogP contribution in [0.1, 0.15) is 12.8 Å². The van der Waals surface area contributed by atoms with Crippen molar-refractivity contribution < 1.29 is 34.8 Å². The number of carboxylic acids is 3. The van der Waals surface area contributed by atoms with Crippen LogP contribution in [0.5, 0.6) is 0 Å². The summed E-state index contributed by atoms with van der Waals surface area (Å²) in [5, 5.41) is 38.9. The minimum Gasteiger partial charge on any atom is -0.550 e. The number of rotatable bonds is 5. The topological polar surface area (TPSA) is 141 Å². The molecule has 0 fully saturated rings. The smallest absolute Gasteiger partial charge is 0.114 e. The molecule has 0 aromatic carbocycles. The maximum Gasteiger partial charge on any atom is 0.114 e. The highest BCUT2D eigenvalue weighted by Crippen LogP contribution is 2.13. The van der Waals surface area contributed by atoms with Crippen LogP contribution in [-0.2, 0) is 14.4 Å². The molecule has 0 heterocycles. The fourth-order valence-electron chi connectivity index (χ4n) is 0.684. The molecule has 3 radical (unpaired) electrons. The highest BCUT2D eigenvalue weighted by atomic mass is 27.0. The van der Waals surface area contributed by atoms with Crippen molar-refractivity contribution in [2.45, 2.75) is 18.4 Å². The lowest BCUT2D eigenvalue weighted by Crippen LogP contribution is -2.54. The molecule has 0 aromatic rings. The number of aliphatic hydroxyl groups is 1. The number of aliphatic carboxylic acids is 3. The Bertz CT molecular complexity index is 233. The highest BCUT2D eigenvalue weighted by Gasteiger charge is 2.29. The van der Waals surface area contributed by atoms with Gasteiger partial charge in [-0.3, -0.25) is 0 Å². The van der Waals surface area contributed by atoms with Gasteiger partial charge in [-0.2, -0.15) is 0 Å². The van der Waals surface area contributed by atoms with E-state index in [9.17, 15) is 29.7 Å². The normalized spacial score (nSPS) is 10.1. The molecular formula is C6H5AlO7-3. The van der Waals surface area contributed by atoms with E-state index in [1.807, 2.05) is 0 Å². The zero-order valence-electron chi connectivity index (χ0n) is 6.89. The van der Waals surface area contributed by atoms with Gasteiger partial charge in [-0.05, 0) is 0 Å². The fraction of sp³-hybridized carbons (Fsp3) is 0.500. The Kier molecular flexibility index (Phi) is 6.15. The molecule has 0 saturated heterocycles. The lowest BCUT2D eigenvalue weighted by molar-refractivity contribution is -0.339. The van der Waals surface area contributed by atoms with Crippen LogP contribution in [0.3, 0.4) is 0 Å². The average Bonchev–Trinajstić information content (AvgIpc) is 1.82. The molecule has 0 unspecified atom stereocenters. The number of hydrogen-bond donors (Lipinski definition) is 1. The SMILES string of the molecule is O=C([O-])CC(O)(CC(=O)[O-])C(=O)[O-].[Al]. The molecule has 0 rings (SSSR count). The van der Waals surface area contributed by atoms with E-state index in [1.165, 1.54) is 0 Å². The van der Waals surface area contributed by atoms with Crippen LogP contribution in [0.2, 0.25) is 0 Å². The summed E-state index contributed by atoms with van der Waals surface area (Å²) in [4.78, 5) is 30.0. The van der Waals surface area contributed by atoms with Gasteiger partial charge < -0.3 is 34.8 Å². The van der Waals surface area contributed by atoms with Gasteiger partial charge in [-0.25, -0.2) is 0 Å². The molecule has 8 heteroatoms. The molecule has 0 bridgehead atoms. The van der Waals surface area contributed by atoms with E-state index in [-0.39, 0.29) is 17.4 Å². The van der Waals surface area contributed by atoms with Crippen molar-refractivity contribution >= 4 is 35.3 Å². The Balaban J connectivity index is 0. The Morgan fingerprint density at radius 1 is 1.00 bits per heavy atom. The molecule has 77 valence electrons. The lowest BCUT2D eigenvalue weighted by Gasteiger charge is -2.29. The first-order chi connectivity index (χ1) is 5.78. The van der Waals surface area contributed by atoms with E-state index >= 15 is 0 Å². The van der Waals surface area contributed by atoms with E-state index in [4.69, 9.17) is 5.11 Å². The predicted octanol–water partition coefficient (Wildman–Crippen LogP) is -5.63. The highest BCUT2D eigenvalue weighted by molar-refractivity contribution is 5.86. The molecule has 7 nitrogen and oxygen atoms in total. The Labute approximate surface area is 89.1 Å². The Hall–Kier alpha value is -1.10. The standard InChI is InChI=1S/C6H8O7.Al/c7-3(8)1-6(13,5(11)12)2-4(9)10;/h13H,1-2H2,(H,7,8)(H,9,10)(H,11,12);/p-3. The van der Waals surface area contributed by atoms with E-state index in [0.717, 1.165) is 0 Å². The fourth-order valence-corrected chi connectivity index (χ4v) is 0.684. The Morgan fingerprint density at radius 2 is 1.29 bits per heavy atom. The van der Waals surface area contributed by atoms with Crippen molar-refractivity contribution in [1.82, 2.24) is 0 Å². The van der Waals surface area contributed by atoms with Gasteiger partial charge in [0.1, 0.15) is 5.60 Å². The summed E-state index contributed by atoms with van der Waals surface area (Å²) >= 11 is 0. The van der Waals surface area contributed by atoms with Crippen molar-refractivity contribution in [1.29, 1.82) is 0 Å². The van der Waals surface area contributed by atoms with Crippen molar-refractivity contribution in [2.75, 3.05) is 0 Å². The lowest BCUT2D eigenvalue weighted by atomic mass is 9.96. The predicted molar refractivity (Wildman–Crippen MR) is 35.0 cm³/mol. The van der Waals surface area contributed by atoms with Gasteiger partial charge >= 0.3 is 0 Å². The summed E-state index contributed by atoms with van der Waals surface area (Å²) in [5.41, 5.74) is -2.97. The molecule has 0 aliphatic rings. The minimum atomic E-state index is -2.97. The molecule has 0 aromatic heterocycles. The van der Waals surface area contributed by atoms with Crippen molar-refractivity contribution in [3.05, 3.63) is 0 Å². The number of carbonyl (C=O) groups is 3. The van der Waals surface area contributed by atoms with E-state index in [0.29, 0.717) is 0 Å². The summed E-state index contributed by atoms with van der Waals surface area (Å²) in [5.74, 6) is -5.98. The zero-order chi connectivity index (χ0) is 10.6. The maximum atomic E-state index is 10.1. The zero-order valence-corrected chi connectivity index (χ0v) is 8.04. The molecule has 0 spiro atoms. The number of hydrogen-bond acceptors (Lipinski definition) is 7. The second-order valence-corrected chi connectivity index (χ2v) is 2.42. The maximum absolute atomic E-state index is 10.1. The van der Waals surface area contributed by atoms with Gasteiger partial charge in [0.05, 0.1) is 5.97 Å². The van der Waals surface area contributed by atoms with E-state index in [2.05, 4.69) is 0 Å². The first-order valence-corrected chi connectivity index (χ1v) is 3.11. The van der Waals surface area contributed by atoms with Crippen molar-refractivity contribution in [3.63, 3.8) is 0 Å². The molecular weight excluding hydrogens is 211 g/mol. The number of carboxylic acid groups (broad SMARTS) is 3. The Morgan fingerprint density at radius 3 is 1.43 bits per heavy atom. The average molecular weight is 216 g/mol. The molecule has 0 aliphatic heterocycles. The summed E-state index contributed by atoms with van der Waals surface area (Å²) in [7, 11) is 0. The van der Waals surface area contributed by atoms with E-state index < -0.39 is 36.4 Å². The third kappa shape index (κ3) is 4.81. The molecule has 0 atom stereocenters. The second kappa shape index (κ2) is 5.59. The minimum absolute atomic E-state index is 0. The van der Waals surface area contributed by atoms with Crippen LogP contribution < -0.4 is 15.3 Å². The van der Waals surface area contributed by atoms with Gasteiger partial charge in [0.2, 0.25) is 0 Å². The van der Waals surface area contributed by atoms with Crippen LogP contribution in [-0.4, -0.2) is 46.0 Å². The quantitative estimate of drug-likeness (QED) is 0.451. The van der Waals surface area contributed by atoms with Crippen LogP contribution in [0.15, 0.2) is 0 Å². The molecule has 1 N–H and O–H groups in total. The van der Waals surface area contributed by atoms with Crippen molar-refractivity contribution in [3.8, 4) is 0 Å². The van der Waals surface area contributed by atoms with Gasteiger partial charge in [-0.1, -0.05) is 0 Å². The summed E-state index contributed by atoms with van der Waals surface area (Å²) in [6.45, 7) is 0. The number of carbonyl (C=O) groups excluding carboxylic acids is 3.